The Labute approximate surface area is 108 Å². The Morgan fingerprint density at radius 3 is 2.22 bits per heavy atom. The molecule has 0 aliphatic rings. The van der Waals surface area contributed by atoms with E-state index in [-0.39, 0.29) is 0 Å². The average Bonchev–Trinajstić information content (AvgIpc) is 2.29. The lowest BCUT2D eigenvalue weighted by molar-refractivity contribution is 0.390. The molecule has 0 fully saturated rings. The SMILES string of the molecule is COc1ccc(NS(=O)(=O)N(C)C)c(OC)c1C. The molecular formula is C11H18N2O4S. The average molecular weight is 274 g/mol. The molecule has 0 saturated heterocycles. The summed E-state index contributed by atoms with van der Waals surface area (Å²) in [5.74, 6) is 1.08. The molecule has 0 spiro atoms. The van der Waals surface area contributed by atoms with Crippen molar-refractivity contribution in [1.82, 2.24) is 4.31 Å². The van der Waals surface area contributed by atoms with E-state index in [4.69, 9.17) is 9.47 Å². The first-order chi connectivity index (χ1) is 8.33. The van der Waals surface area contributed by atoms with Crippen molar-refractivity contribution in [2.24, 2.45) is 0 Å². The topological polar surface area (TPSA) is 67.9 Å². The third kappa shape index (κ3) is 2.85. The van der Waals surface area contributed by atoms with Crippen LogP contribution in [0.1, 0.15) is 5.56 Å². The number of hydrogen-bond donors (Lipinski definition) is 1. The monoisotopic (exact) mass is 274 g/mol. The molecule has 18 heavy (non-hydrogen) atoms. The Kier molecular flexibility index (Phi) is 4.42. The van der Waals surface area contributed by atoms with Crippen molar-refractivity contribution >= 4 is 15.9 Å². The summed E-state index contributed by atoms with van der Waals surface area (Å²) >= 11 is 0. The Bertz CT molecular complexity index is 526. The van der Waals surface area contributed by atoms with Crippen LogP contribution in [0.15, 0.2) is 12.1 Å². The van der Waals surface area contributed by atoms with Crippen molar-refractivity contribution < 1.29 is 17.9 Å². The van der Waals surface area contributed by atoms with E-state index in [1.807, 2.05) is 0 Å². The predicted octanol–water partition coefficient (Wildman–Crippen LogP) is 1.23. The van der Waals surface area contributed by atoms with E-state index in [2.05, 4.69) is 4.72 Å². The molecule has 1 aromatic carbocycles. The van der Waals surface area contributed by atoms with Crippen molar-refractivity contribution in [2.45, 2.75) is 6.92 Å². The maximum Gasteiger partial charge on any atom is 0.301 e. The second kappa shape index (κ2) is 5.45. The lowest BCUT2D eigenvalue weighted by atomic mass is 10.2. The summed E-state index contributed by atoms with van der Waals surface area (Å²) in [6, 6.07) is 3.29. The number of ether oxygens (including phenoxy) is 2. The van der Waals surface area contributed by atoms with Gasteiger partial charge in [-0.2, -0.15) is 12.7 Å². The van der Waals surface area contributed by atoms with Crippen molar-refractivity contribution in [2.75, 3.05) is 33.0 Å². The number of nitrogens with one attached hydrogen (secondary N) is 1. The Hall–Kier alpha value is -1.47. The maximum atomic E-state index is 11.8. The molecule has 1 aromatic rings. The molecule has 0 aliphatic heterocycles. The summed E-state index contributed by atoms with van der Waals surface area (Å²) in [7, 11) is 2.37. The minimum atomic E-state index is -3.56. The van der Waals surface area contributed by atoms with Gasteiger partial charge in [0.2, 0.25) is 0 Å². The van der Waals surface area contributed by atoms with Crippen LogP contribution in [-0.4, -0.2) is 41.0 Å². The van der Waals surface area contributed by atoms with E-state index in [0.717, 1.165) is 9.87 Å². The molecule has 0 atom stereocenters. The number of anilines is 1. The Balaban J connectivity index is 3.23. The standard InChI is InChI=1S/C11H18N2O4S/c1-8-10(16-4)7-6-9(11(8)17-5)12-18(14,15)13(2)3/h6-7,12H,1-5H3. The smallest absolute Gasteiger partial charge is 0.301 e. The minimum absolute atomic E-state index is 0.379. The predicted molar refractivity (Wildman–Crippen MR) is 70.5 cm³/mol. The second-order valence-corrected chi connectivity index (χ2v) is 5.75. The Morgan fingerprint density at radius 2 is 1.78 bits per heavy atom. The summed E-state index contributed by atoms with van der Waals surface area (Å²) in [5, 5.41) is 0. The van der Waals surface area contributed by atoms with E-state index in [1.165, 1.54) is 21.2 Å². The molecule has 0 aliphatic carbocycles. The van der Waals surface area contributed by atoms with E-state index in [0.29, 0.717) is 17.2 Å². The minimum Gasteiger partial charge on any atom is -0.496 e. The first kappa shape index (κ1) is 14.6. The van der Waals surface area contributed by atoms with Crippen molar-refractivity contribution in [3.05, 3.63) is 17.7 Å². The van der Waals surface area contributed by atoms with Crippen LogP contribution < -0.4 is 14.2 Å². The highest BCUT2D eigenvalue weighted by atomic mass is 32.2. The first-order valence-corrected chi connectivity index (χ1v) is 6.69. The highest BCUT2D eigenvalue weighted by Crippen LogP contribution is 2.35. The van der Waals surface area contributed by atoms with Gasteiger partial charge in [-0.05, 0) is 19.1 Å². The molecule has 1 N–H and O–H groups in total. The number of rotatable bonds is 5. The summed E-state index contributed by atoms with van der Waals surface area (Å²) in [4.78, 5) is 0. The van der Waals surface area contributed by atoms with Gasteiger partial charge in [-0.3, -0.25) is 4.72 Å². The normalized spacial score (nSPS) is 11.4. The fourth-order valence-corrected chi connectivity index (χ4v) is 2.09. The molecule has 6 nitrogen and oxygen atoms in total. The number of methoxy groups -OCH3 is 2. The summed E-state index contributed by atoms with van der Waals surface area (Å²) in [6.45, 7) is 1.80. The highest BCUT2D eigenvalue weighted by molar-refractivity contribution is 7.90. The zero-order chi connectivity index (χ0) is 13.9. The zero-order valence-electron chi connectivity index (χ0n) is 11.1. The lowest BCUT2D eigenvalue weighted by Gasteiger charge is -2.18. The molecule has 0 unspecified atom stereocenters. The van der Waals surface area contributed by atoms with E-state index >= 15 is 0 Å². The number of hydrogen-bond acceptors (Lipinski definition) is 4. The summed E-state index contributed by atoms with van der Waals surface area (Å²) in [6.07, 6.45) is 0. The number of benzene rings is 1. The van der Waals surface area contributed by atoms with Crippen LogP contribution in [0.4, 0.5) is 5.69 Å². The first-order valence-electron chi connectivity index (χ1n) is 5.25. The molecule has 0 amide bonds. The molecule has 0 bridgehead atoms. The largest absolute Gasteiger partial charge is 0.496 e. The van der Waals surface area contributed by atoms with Gasteiger partial charge in [-0.1, -0.05) is 0 Å². The fourth-order valence-electron chi connectivity index (χ4n) is 1.47. The molecule has 0 aromatic heterocycles. The van der Waals surface area contributed by atoms with Gasteiger partial charge in [0.1, 0.15) is 11.5 Å². The van der Waals surface area contributed by atoms with Gasteiger partial charge >= 0.3 is 10.2 Å². The van der Waals surface area contributed by atoms with Gasteiger partial charge in [0.15, 0.2) is 0 Å². The van der Waals surface area contributed by atoms with Crippen LogP contribution in [0, 0.1) is 6.92 Å². The van der Waals surface area contributed by atoms with Crippen LogP contribution in [0.3, 0.4) is 0 Å². The molecule has 7 heteroatoms. The van der Waals surface area contributed by atoms with Gasteiger partial charge in [-0.25, -0.2) is 0 Å². The van der Waals surface area contributed by atoms with Crippen LogP contribution in [0.5, 0.6) is 11.5 Å². The molecular weight excluding hydrogens is 256 g/mol. The quantitative estimate of drug-likeness (QED) is 0.877. The lowest BCUT2D eigenvalue weighted by Crippen LogP contribution is -2.29. The van der Waals surface area contributed by atoms with Gasteiger partial charge in [-0.15, -0.1) is 0 Å². The number of nitrogens with zero attached hydrogens (tertiary/aromatic N) is 1. The van der Waals surface area contributed by atoms with E-state index in [1.54, 1.807) is 26.2 Å². The highest BCUT2D eigenvalue weighted by Gasteiger charge is 2.18. The van der Waals surface area contributed by atoms with Gasteiger partial charge in [0.05, 0.1) is 19.9 Å². The van der Waals surface area contributed by atoms with Crippen molar-refractivity contribution in [3.63, 3.8) is 0 Å². The maximum absolute atomic E-state index is 11.8. The second-order valence-electron chi connectivity index (χ2n) is 3.86. The summed E-state index contributed by atoms with van der Waals surface area (Å²) in [5.41, 5.74) is 1.11. The van der Waals surface area contributed by atoms with Crippen LogP contribution >= 0.6 is 0 Å². The molecule has 0 saturated carbocycles. The van der Waals surface area contributed by atoms with E-state index < -0.39 is 10.2 Å². The van der Waals surface area contributed by atoms with E-state index in [9.17, 15) is 8.42 Å². The van der Waals surface area contributed by atoms with Crippen LogP contribution in [-0.2, 0) is 10.2 Å². The van der Waals surface area contributed by atoms with Crippen molar-refractivity contribution in [1.29, 1.82) is 0 Å². The van der Waals surface area contributed by atoms with Gasteiger partial charge < -0.3 is 9.47 Å². The molecule has 0 heterocycles. The van der Waals surface area contributed by atoms with Crippen molar-refractivity contribution in [3.8, 4) is 11.5 Å². The fraction of sp³-hybridized carbons (Fsp3) is 0.455. The van der Waals surface area contributed by atoms with Gasteiger partial charge in [0.25, 0.3) is 0 Å². The van der Waals surface area contributed by atoms with Crippen LogP contribution in [0.2, 0.25) is 0 Å². The van der Waals surface area contributed by atoms with Crippen LogP contribution in [0.25, 0.3) is 0 Å². The zero-order valence-corrected chi connectivity index (χ0v) is 12.0. The summed E-state index contributed by atoms with van der Waals surface area (Å²) < 4.78 is 37.4. The third-order valence-electron chi connectivity index (χ3n) is 2.50. The molecule has 0 radical (unpaired) electrons. The molecule has 1 rings (SSSR count). The van der Waals surface area contributed by atoms with Gasteiger partial charge in [0, 0.05) is 19.7 Å². The molecule has 102 valence electrons. The Morgan fingerprint density at radius 1 is 1.17 bits per heavy atom. The third-order valence-corrected chi connectivity index (χ3v) is 3.94.